The minimum atomic E-state index is -0.414. The van der Waals surface area contributed by atoms with Crippen molar-refractivity contribution in [1.29, 1.82) is 0 Å². The lowest BCUT2D eigenvalue weighted by Crippen LogP contribution is -2.38. The summed E-state index contributed by atoms with van der Waals surface area (Å²) in [5.41, 5.74) is 1.09. The molecule has 3 aromatic rings. The van der Waals surface area contributed by atoms with Crippen molar-refractivity contribution in [3.05, 3.63) is 69.8 Å². The first-order valence-electron chi connectivity index (χ1n) is 10.4. The maximum Gasteiger partial charge on any atom is 0.254 e. The summed E-state index contributed by atoms with van der Waals surface area (Å²) in [5.74, 6) is 0.348. The SMILES string of the molecule is COc1cc2cc(CN(C[C@H]3CCCO3)C(=O)c3ccc(F)cc3)c(=O)[nH]c2cc1OC. The van der Waals surface area contributed by atoms with Crippen molar-refractivity contribution in [2.75, 3.05) is 27.4 Å². The monoisotopic (exact) mass is 440 g/mol. The number of fused-ring (bicyclic) bond motifs is 1. The van der Waals surface area contributed by atoms with Gasteiger partial charge in [-0.2, -0.15) is 0 Å². The van der Waals surface area contributed by atoms with Crippen LogP contribution in [-0.4, -0.2) is 49.3 Å². The average molecular weight is 440 g/mol. The maximum atomic E-state index is 13.3. The third kappa shape index (κ3) is 4.60. The molecule has 0 radical (unpaired) electrons. The Balaban J connectivity index is 1.68. The summed E-state index contributed by atoms with van der Waals surface area (Å²) in [5, 5.41) is 0.753. The number of rotatable bonds is 7. The van der Waals surface area contributed by atoms with Crippen LogP contribution in [0.25, 0.3) is 10.9 Å². The molecule has 8 heteroatoms. The molecule has 168 valence electrons. The van der Waals surface area contributed by atoms with Gasteiger partial charge in [0.15, 0.2) is 11.5 Å². The van der Waals surface area contributed by atoms with E-state index in [9.17, 15) is 14.0 Å². The Labute approximate surface area is 184 Å². The van der Waals surface area contributed by atoms with Crippen molar-refractivity contribution >= 4 is 16.8 Å². The summed E-state index contributed by atoms with van der Waals surface area (Å²) in [7, 11) is 3.07. The third-order valence-electron chi connectivity index (χ3n) is 5.61. The molecule has 1 fully saturated rings. The molecule has 1 aliphatic heterocycles. The minimum absolute atomic E-state index is 0.0929. The van der Waals surface area contributed by atoms with Crippen LogP contribution < -0.4 is 15.0 Å². The van der Waals surface area contributed by atoms with E-state index in [1.165, 1.54) is 31.4 Å². The summed E-state index contributed by atoms with van der Waals surface area (Å²) in [4.78, 5) is 30.5. The molecule has 0 unspecified atom stereocenters. The van der Waals surface area contributed by atoms with Gasteiger partial charge in [-0.1, -0.05) is 0 Å². The van der Waals surface area contributed by atoms with Gasteiger partial charge in [0.1, 0.15) is 5.82 Å². The first-order chi connectivity index (χ1) is 15.5. The predicted octanol–water partition coefficient (Wildman–Crippen LogP) is 3.51. The lowest BCUT2D eigenvalue weighted by Gasteiger charge is -2.25. The number of methoxy groups -OCH3 is 2. The number of pyridine rings is 1. The van der Waals surface area contributed by atoms with Gasteiger partial charge in [-0.3, -0.25) is 9.59 Å². The first kappa shape index (κ1) is 21.8. The van der Waals surface area contributed by atoms with Crippen LogP contribution in [0, 0.1) is 5.82 Å². The molecule has 0 bridgehead atoms. The Morgan fingerprint density at radius 2 is 1.88 bits per heavy atom. The van der Waals surface area contributed by atoms with Gasteiger partial charge in [0, 0.05) is 35.7 Å². The maximum absolute atomic E-state index is 13.3. The van der Waals surface area contributed by atoms with Crippen LogP contribution in [0.15, 0.2) is 47.3 Å². The lowest BCUT2D eigenvalue weighted by atomic mass is 10.1. The zero-order valence-electron chi connectivity index (χ0n) is 18.0. The van der Waals surface area contributed by atoms with Crippen molar-refractivity contribution in [2.45, 2.75) is 25.5 Å². The number of hydrogen-bond acceptors (Lipinski definition) is 5. The van der Waals surface area contributed by atoms with Crippen LogP contribution in [0.1, 0.15) is 28.8 Å². The molecule has 0 aliphatic carbocycles. The minimum Gasteiger partial charge on any atom is -0.493 e. The van der Waals surface area contributed by atoms with E-state index in [-0.39, 0.29) is 24.1 Å². The van der Waals surface area contributed by atoms with E-state index >= 15 is 0 Å². The van der Waals surface area contributed by atoms with E-state index in [1.54, 1.807) is 30.2 Å². The van der Waals surface area contributed by atoms with Crippen molar-refractivity contribution < 1.29 is 23.4 Å². The molecule has 7 nitrogen and oxygen atoms in total. The molecular weight excluding hydrogens is 415 g/mol. The van der Waals surface area contributed by atoms with E-state index in [0.29, 0.717) is 41.3 Å². The third-order valence-corrected chi connectivity index (χ3v) is 5.61. The fourth-order valence-corrected chi connectivity index (χ4v) is 3.93. The quantitative estimate of drug-likeness (QED) is 0.608. The highest BCUT2D eigenvalue weighted by Gasteiger charge is 2.25. The van der Waals surface area contributed by atoms with E-state index in [0.717, 1.165) is 18.2 Å². The van der Waals surface area contributed by atoms with E-state index in [2.05, 4.69) is 4.98 Å². The number of halogens is 1. The number of aromatic amines is 1. The molecule has 32 heavy (non-hydrogen) atoms. The Hall–Kier alpha value is -3.39. The number of amides is 1. The summed E-state index contributed by atoms with van der Waals surface area (Å²) < 4.78 is 29.7. The standard InChI is InChI=1S/C24H25FN2O5/c1-30-21-11-16-10-17(23(28)26-20(16)12-22(21)31-2)13-27(14-19-4-3-9-32-19)24(29)15-5-7-18(25)8-6-15/h5-8,10-12,19H,3-4,9,13-14H2,1-2H3,(H,26,28)/t19-/m1/s1. The highest BCUT2D eigenvalue weighted by Crippen LogP contribution is 2.31. The number of ether oxygens (including phenoxy) is 3. The van der Waals surface area contributed by atoms with Gasteiger partial charge < -0.3 is 24.1 Å². The second kappa shape index (κ2) is 9.40. The van der Waals surface area contributed by atoms with Crippen LogP contribution >= 0.6 is 0 Å². The smallest absolute Gasteiger partial charge is 0.254 e. The molecule has 1 N–H and O–H groups in total. The number of nitrogens with zero attached hydrogens (tertiary/aromatic N) is 1. The number of hydrogen-bond donors (Lipinski definition) is 1. The topological polar surface area (TPSA) is 80.9 Å². The van der Waals surface area contributed by atoms with Crippen LogP contribution in [0.5, 0.6) is 11.5 Å². The molecule has 1 saturated heterocycles. The fourth-order valence-electron chi connectivity index (χ4n) is 3.93. The van der Waals surface area contributed by atoms with Crippen LogP contribution in [0.4, 0.5) is 4.39 Å². The van der Waals surface area contributed by atoms with Gasteiger partial charge in [0.2, 0.25) is 0 Å². The second-order valence-electron chi connectivity index (χ2n) is 7.75. The highest BCUT2D eigenvalue weighted by molar-refractivity contribution is 5.94. The number of carbonyl (C=O) groups excluding carboxylic acids is 1. The predicted molar refractivity (Wildman–Crippen MR) is 118 cm³/mol. The summed E-state index contributed by atoms with van der Waals surface area (Å²) in [6.07, 6.45) is 1.68. The molecule has 2 heterocycles. The fraction of sp³-hybridized carbons (Fsp3) is 0.333. The van der Waals surface area contributed by atoms with Gasteiger partial charge in [-0.05, 0) is 49.2 Å². The molecule has 2 aromatic carbocycles. The van der Waals surface area contributed by atoms with Crippen LogP contribution in [-0.2, 0) is 11.3 Å². The summed E-state index contributed by atoms with van der Waals surface area (Å²) in [6, 6.07) is 10.6. The number of nitrogens with one attached hydrogen (secondary N) is 1. The van der Waals surface area contributed by atoms with E-state index in [1.807, 2.05) is 0 Å². The first-order valence-corrected chi connectivity index (χ1v) is 10.4. The number of carbonyl (C=O) groups is 1. The van der Waals surface area contributed by atoms with Gasteiger partial charge >= 0.3 is 0 Å². The Kier molecular flexibility index (Phi) is 6.41. The van der Waals surface area contributed by atoms with Crippen molar-refractivity contribution in [2.24, 2.45) is 0 Å². The largest absolute Gasteiger partial charge is 0.493 e. The second-order valence-corrected chi connectivity index (χ2v) is 7.75. The van der Waals surface area contributed by atoms with Crippen LogP contribution in [0.3, 0.4) is 0 Å². The summed E-state index contributed by atoms with van der Waals surface area (Å²) >= 11 is 0. The molecule has 0 saturated carbocycles. The Morgan fingerprint density at radius 3 is 2.53 bits per heavy atom. The Bertz CT molecular complexity index is 1170. The van der Waals surface area contributed by atoms with Crippen molar-refractivity contribution in [3.8, 4) is 11.5 Å². The lowest BCUT2D eigenvalue weighted by molar-refractivity contribution is 0.0506. The van der Waals surface area contributed by atoms with E-state index < -0.39 is 5.82 Å². The molecule has 1 aliphatic rings. The van der Waals surface area contributed by atoms with Crippen LogP contribution in [0.2, 0.25) is 0 Å². The van der Waals surface area contributed by atoms with Gasteiger partial charge in [0.05, 0.1) is 32.4 Å². The van der Waals surface area contributed by atoms with Gasteiger partial charge in [0.25, 0.3) is 11.5 Å². The van der Waals surface area contributed by atoms with Gasteiger partial charge in [-0.15, -0.1) is 0 Å². The van der Waals surface area contributed by atoms with Gasteiger partial charge in [-0.25, -0.2) is 4.39 Å². The number of aromatic nitrogens is 1. The number of benzene rings is 2. The van der Waals surface area contributed by atoms with Crippen molar-refractivity contribution in [1.82, 2.24) is 9.88 Å². The van der Waals surface area contributed by atoms with E-state index in [4.69, 9.17) is 14.2 Å². The summed E-state index contributed by atoms with van der Waals surface area (Å²) in [6.45, 7) is 1.09. The highest BCUT2D eigenvalue weighted by atomic mass is 19.1. The number of H-pyrrole nitrogens is 1. The molecular formula is C24H25FN2O5. The molecule has 4 rings (SSSR count). The molecule has 1 amide bonds. The molecule has 1 atom stereocenters. The molecule has 0 spiro atoms. The van der Waals surface area contributed by atoms with Crippen molar-refractivity contribution in [3.63, 3.8) is 0 Å². The Morgan fingerprint density at radius 1 is 1.16 bits per heavy atom. The zero-order valence-corrected chi connectivity index (χ0v) is 18.0. The average Bonchev–Trinajstić information content (AvgIpc) is 3.31. The zero-order chi connectivity index (χ0) is 22.7. The molecule has 1 aromatic heterocycles. The normalized spacial score (nSPS) is 15.7.